The van der Waals surface area contributed by atoms with Gasteiger partial charge in [0.1, 0.15) is 11.4 Å². The molecule has 1 aromatic rings. The first-order valence-electron chi connectivity index (χ1n) is 6.76. The smallest absolute Gasteiger partial charge is 0.346 e. The van der Waals surface area contributed by atoms with Crippen LogP contribution >= 0.6 is 0 Å². The summed E-state index contributed by atoms with van der Waals surface area (Å²) in [5.41, 5.74) is 8.25. The molecule has 0 aromatic heterocycles. The van der Waals surface area contributed by atoms with Gasteiger partial charge in [-0.25, -0.2) is 4.79 Å². The molecule has 19 heavy (non-hydrogen) atoms. The SMILES string of the molecule is CC(C)CN1C(=O)N=C(N)C12Cc1ccccc1C2. The van der Waals surface area contributed by atoms with E-state index in [0.29, 0.717) is 18.3 Å². The van der Waals surface area contributed by atoms with Gasteiger partial charge in [0.2, 0.25) is 0 Å². The Bertz CT molecular complexity index is 537. The number of benzene rings is 1. The van der Waals surface area contributed by atoms with Gasteiger partial charge in [-0.05, 0) is 17.0 Å². The highest BCUT2D eigenvalue weighted by atomic mass is 16.2. The molecule has 2 N–H and O–H groups in total. The van der Waals surface area contributed by atoms with E-state index in [-0.39, 0.29) is 6.03 Å². The van der Waals surface area contributed by atoms with E-state index in [1.807, 2.05) is 17.0 Å². The van der Waals surface area contributed by atoms with E-state index in [9.17, 15) is 4.79 Å². The van der Waals surface area contributed by atoms with E-state index in [2.05, 4.69) is 31.0 Å². The van der Waals surface area contributed by atoms with Gasteiger partial charge in [-0.3, -0.25) is 0 Å². The Morgan fingerprint density at radius 2 is 1.89 bits per heavy atom. The molecule has 4 heteroatoms. The Kier molecular flexibility index (Phi) is 2.62. The van der Waals surface area contributed by atoms with Gasteiger partial charge in [-0.15, -0.1) is 0 Å². The largest absolute Gasteiger partial charge is 0.385 e. The third-order valence-electron chi connectivity index (χ3n) is 4.07. The quantitative estimate of drug-likeness (QED) is 0.880. The van der Waals surface area contributed by atoms with Crippen LogP contribution in [0.25, 0.3) is 0 Å². The van der Waals surface area contributed by atoms with Crippen molar-refractivity contribution >= 4 is 11.9 Å². The molecule has 0 fully saturated rings. The summed E-state index contributed by atoms with van der Waals surface area (Å²) in [6.07, 6.45) is 1.58. The molecule has 0 saturated carbocycles. The first-order chi connectivity index (χ1) is 9.03. The van der Waals surface area contributed by atoms with E-state index in [0.717, 1.165) is 12.8 Å². The summed E-state index contributed by atoms with van der Waals surface area (Å²) in [6.45, 7) is 4.92. The highest BCUT2D eigenvalue weighted by Gasteiger charge is 2.51. The normalized spacial score (nSPS) is 20.3. The lowest BCUT2D eigenvalue weighted by atomic mass is 9.92. The molecule has 1 spiro atoms. The third-order valence-corrected chi connectivity index (χ3v) is 4.07. The fourth-order valence-corrected chi connectivity index (χ4v) is 3.17. The predicted octanol–water partition coefficient (Wildman–Crippen LogP) is 1.97. The predicted molar refractivity (Wildman–Crippen MR) is 75.1 cm³/mol. The fraction of sp³-hybridized carbons (Fsp3) is 0.467. The van der Waals surface area contributed by atoms with Crippen LogP contribution in [-0.4, -0.2) is 28.9 Å². The van der Waals surface area contributed by atoms with Gasteiger partial charge in [-0.1, -0.05) is 38.1 Å². The highest BCUT2D eigenvalue weighted by molar-refractivity contribution is 6.06. The number of fused-ring (bicyclic) bond motifs is 1. The number of amidine groups is 1. The van der Waals surface area contributed by atoms with Gasteiger partial charge in [0.05, 0.1) is 0 Å². The number of amides is 2. The molecule has 2 aliphatic rings. The Labute approximate surface area is 113 Å². The zero-order valence-corrected chi connectivity index (χ0v) is 11.4. The van der Waals surface area contributed by atoms with Crippen LogP contribution in [0.1, 0.15) is 25.0 Å². The first-order valence-corrected chi connectivity index (χ1v) is 6.76. The van der Waals surface area contributed by atoms with Crippen LogP contribution in [0.5, 0.6) is 0 Å². The number of hydrogen-bond donors (Lipinski definition) is 1. The number of carbonyl (C=O) groups is 1. The van der Waals surface area contributed by atoms with Crippen molar-refractivity contribution in [3.05, 3.63) is 35.4 Å². The lowest BCUT2D eigenvalue weighted by Crippen LogP contribution is -2.56. The molecule has 3 rings (SSSR count). The summed E-state index contributed by atoms with van der Waals surface area (Å²) in [7, 11) is 0. The van der Waals surface area contributed by atoms with Crippen molar-refractivity contribution in [1.29, 1.82) is 0 Å². The lowest BCUT2D eigenvalue weighted by molar-refractivity contribution is 0.164. The average Bonchev–Trinajstić information content (AvgIpc) is 2.83. The summed E-state index contributed by atoms with van der Waals surface area (Å²) in [5, 5.41) is 0. The van der Waals surface area contributed by atoms with Crippen molar-refractivity contribution in [2.24, 2.45) is 16.6 Å². The van der Waals surface area contributed by atoms with Crippen molar-refractivity contribution < 1.29 is 4.79 Å². The van der Waals surface area contributed by atoms with Crippen LogP contribution < -0.4 is 5.73 Å². The van der Waals surface area contributed by atoms with E-state index in [1.165, 1.54) is 11.1 Å². The molecule has 2 amide bonds. The van der Waals surface area contributed by atoms with Crippen LogP contribution in [0.15, 0.2) is 29.3 Å². The Morgan fingerprint density at radius 1 is 1.32 bits per heavy atom. The van der Waals surface area contributed by atoms with Crippen molar-refractivity contribution in [3.8, 4) is 0 Å². The molecular weight excluding hydrogens is 238 g/mol. The van der Waals surface area contributed by atoms with Crippen molar-refractivity contribution in [2.75, 3.05) is 6.54 Å². The van der Waals surface area contributed by atoms with E-state index < -0.39 is 5.54 Å². The summed E-state index contributed by atoms with van der Waals surface area (Å²) in [6, 6.07) is 8.13. The molecule has 1 aliphatic carbocycles. The molecule has 1 aromatic carbocycles. The van der Waals surface area contributed by atoms with E-state index in [4.69, 9.17) is 5.73 Å². The number of nitrogens with zero attached hydrogens (tertiary/aromatic N) is 2. The fourth-order valence-electron chi connectivity index (χ4n) is 3.17. The topological polar surface area (TPSA) is 58.7 Å². The minimum atomic E-state index is -0.412. The molecule has 0 bridgehead atoms. The zero-order valence-electron chi connectivity index (χ0n) is 11.4. The van der Waals surface area contributed by atoms with Crippen molar-refractivity contribution in [2.45, 2.75) is 32.2 Å². The van der Waals surface area contributed by atoms with Crippen LogP contribution in [-0.2, 0) is 12.8 Å². The minimum absolute atomic E-state index is 0.181. The maximum absolute atomic E-state index is 12.1. The maximum Gasteiger partial charge on any atom is 0.346 e. The van der Waals surface area contributed by atoms with Gasteiger partial charge < -0.3 is 10.6 Å². The average molecular weight is 257 g/mol. The molecule has 4 nitrogen and oxygen atoms in total. The van der Waals surface area contributed by atoms with Crippen LogP contribution in [0.3, 0.4) is 0 Å². The van der Waals surface area contributed by atoms with Crippen LogP contribution in [0.4, 0.5) is 4.79 Å². The summed E-state index contributed by atoms with van der Waals surface area (Å²) in [5.74, 6) is 0.889. The van der Waals surface area contributed by atoms with Gasteiger partial charge in [0.25, 0.3) is 0 Å². The second kappa shape index (κ2) is 4.08. The standard InChI is InChI=1S/C15H19N3O/c1-10(2)9-18-14(19)17-13(16)15(18)7-11-5-3-4-6-12(11)8-15/h3-6,10H,7-9H2,1-2H3,(H2,16,17,19). The summed E-state index contributed by atoms with van der Waals surface area (Å²) < 4.78 is 0. The van der Waals surface area contributed by atoms with Gasteiger partial charge in [0, 0.05) is 19.4 Å². The zero-order chi connectivity index (χ0) is 13.6. The number of urea groups is 1. The molecule has 0 unspecified atom stereocenters. The first kappa shape index (κ1) is 12.2. The van der Waals surface area contributed by atoms with E-state index >= 15 is 0 Å². The number of hydrogen-bond acceptors (Lipinski definition) is 2. The van der Waals surface area contributed by atoms with Gasteiger partial charge >= 0.3 is 6.03 Å². The second-order valence-corrected chi connectivity index (χ2v) is 5.94. The number of rotatable bonds is 2. The monoisotopic (exact) mass is 257 g/mol. The van der Waals surface area contributed by atoms with Crippen molar-refractivity contribution in [1.82, 2.24) is 4.90 Å². The molecule has 0 atom stereocenters. The van der Waals surface area contributed by atoms with Crippen molar-refractivity contribution in [3.63, 3.8) is 0 Å². The Balaban J connectivity index is 1.99. The highest BCUT2D eigenvalue weighted by Crippen LogP contribution is 2.38. The number of carbonyl (C=O) groups excluding carboxylic acids is 1. The van der Waals surface area contributed by atoms with E-state index in [1.54, 1.807) is 0 Å². The summed E-state index contributed by atoms with van der Waals surface area (Å²) >= 11 is 0. The lowest BCUT2D eigenvalue weighted by Gasteiger charge is -2.35. The van der Waals surface area contributed by atoms with Crippen LogP contribution in [0.2, 0.25) is 0 Å². The molecule has 1 heterocycles. The van der Waals surface area contributed by atoms with Gasteiger partial charge in [-0.2, -0.15) is 4.99 Å². The Morgan fingerprint density at radius 3 is 2.42 bits per heavy atom. The molecule has 0 saturated heterocycles. The number of aliphatic imine (C=N–C) groups is 1. The molecule has 100 valence electrons. The Hall–Kier alpha value is -1.84. The maximum atomic E-state index is 12.1. The van der Waals surface area contributed by atoms with Gasteiger partial charge in [0.15, 0.2) is 0 Å². The molecule has 1 aliphatic heterocycles. The minimum Gasteiger partial charge on any atom is -0.385 e. The van der Waals surface area contributed by atoms with Crippen LogP contribution in [0, 0.1) is 5.92 Å². The number of nitrogens with two attached hydrogens (primary N) is 1. The third kappa shape index (κ3) is 1.74. The molecule has 0 radical (unpaired) electrons. The second-order valence-electron chi connectivity index (χ2n) is 5.94. The molecular formula is C15H19N3O. The summed E-state index contributed by atoms with van der Waals surface area (Å²) in [4.78, 5) is 18.0.